The molecular formula is C9H8N2. The topological polar surface area (TPSA) is 25.8 Å². The highest BCUT2D eigenvalue weighted by atomic mass is 14.8. The van der Waals surface area contributed by atoms with Crippen LogP contribution in [0, 0.1) is 0 Å². The summed E-state index contributed by atoms with van der Waals surface area (Å²) >= 11 is 0. The Kier molecular flexibility index (Phi) is 1.52. The molecule has 1 aliphatic carbocycles. The Labute approximate surface area is 65.3 Å². The van der Waals surface area contributed by atoms with E-state index < -0.39 is 0 Å². The Hall–Kier alpha value is -1.44. The van der Waals surface area contributed by atoms with Crippen LogP contribution in [0.4, 0.5) is 0 Å². The van der Waals surface area contributed by atoms with Gasteiger partial charge >= 0.3 is 0 Å². The molecule has 0 saturated carbocycles. The third kappa shape index (κ3) is 1.19. The van der Waals surface area contributed by atoms with Crippen LogP contribution in [0.15, 0.2) is 24.7 Å². The van der Waals surface area contributed by atoms with E-state index in [4.69, 9.17) is 0 Å². The van der Waals surface area contributed by atoms with Crippen molar-refractivity contribution in [2.75, 3.05) is 0 Å². The van der Waals surface area contributed by atoms with E-state index in [1.807, 2.05) is 12.3 Å². The average molecular weight is 144 g/mol. The minimum atomic E-state index is 0.982. The molecule has 1 aromatic rings. The zero-order valence-electron chi connectivity index (χ0n) is 6.07. The van der Waals surface area contributed by atoms with Gasteiger partial charge in [0.25, 0.3) is 0 Å². The van der Waals surface area contributed by atoms with E-state index in [-0.39, 0.29) is 0 Å². The summed E-state index contributed by atoms with van der Waals surface area (Å²) in [5.74, 6) is 0. The first-order chi connectivity index (χ1) is 5.47. The quantitative estimate of drug-likeness (QED) is 0.555. The van der Waals surface area contributed by atoms with E-state index in [2.05, 4.69) is 28.2 Å². The molecule has 0 bridgehead atoms. The van der Waals surface area contributed by atoms with E-state index in [0.717, 1.165) is 17.7 Å². The van der Waals surface area contributed by atoms with Crippen molar-refractivity contribution in [3.63, 3.8) is 0 Å². The number of hydrogen-bond acceptors (Lipinski definition) is 2. The third-order valence-corrected chi connectivity index (χ3v) is 1.62. The van der Waals surface area contributed by atoms with Gasteiger partial charge in [-0.1, -0.05) is 18.2 Å². The maximum atomic E-state index is 4.13. The molecule has 0 spiro atoms. The van der Waals surface area contributed by atoms with Gasteiger partial charge in [0, 0.05) is 11.8 Å². The highest BCUT2D eigenvalue weighted by Crippen LogP contribution is 2.12. The monoisotopic (exact) mass is 144 g/mol. The summed E-state index contributed by atoms with van der Waals surface area (Å²) in [6.45, 7) is 0. The predicted octanol–water partition coefficient (Wildman–Crippen LogP) is 1.91. The van der Waals surface area contributed by atoms with Crippen molar-refractivity contribution in [1.82, 2.24) is 9.97 Å². The van der Waals surface area contributed by atoms with Gasteiger partial charge in [-0.25, -0.2) is 9.97 Å². The fourth-order valence-electron chi connectivity index (χ4n) is 1.07. The first-order valence-electron chi connectivity index (χ1n) is 3.60. The number of nitrogens with zero attached hydrogens (tertiary/aromatic N) is 2. The van der Waals surface area contributed by atoms with E-state index in [0.29, 0.717) is 0 Å². The number of allylic oxidation sites excluding steroid dienone is 2. The lowest BCUT2D eigenvalue weighted by Gasteiger charge is -1.94. The van der Waals surface area contributed by atoms with Crippen molar-refractivity contribution in [2.24, 2.45) is 0 Å². The molecule has 0 unspecified atom stereocenters. The van der Waals surface area contributed by atoms with Crippen molar-refractivity contribution in [1.29, 1.82) is 0 Å². The molecule has 0 radical (unpaired) electrons. The van der Waals surface area contributed by atoms with Crippen LogP contribution in [0.25, 0.3) is 12.2 Å². The lowest BCUT2D eigenvalue weighted by Crippen LogP contribution is -1.86. The Balaban J connectivity index is 2.58. The molecule has 2 nitrogen and oxygen atoms in total. The van der Waals surface area contributed by atoms with Crippen molar-refractivity contribution >= 4 is 12.2 Å². The maximum Gasteiger partial charge on any atom is 0.116 e. The molecule has 2 heteroatoms. The first kappa shape index (κ1) is 6.28. The largest absolute Gasteiger partial charge is 0.244 e. The van der Waals surface area contributed by atoms with Crippen molar-refractivity contribution in [2.45, 2.75) is 6.42 Å². The van der Waals surface area contributed by atoms with Crippen molar-refractivity contribution < 1.29 is 0 Å². The van der Waals surface area contributed by atoms with Crippen LogP contribution in [0.5, 0.6) is 0 Å². The molecule has 1 aliphatic rings. The molecule has 54 valence electrons. The summed E-state index contributed by atoms with van der Waals surface area (Å²) in [6, 6.07) is 0. The number of hydrogen-bond donors (Lipinski definition) is 0. The second-order valence-corrected chi connectivity index (χ2v) is 2.40. The molecule has 0 aromatic carbocycles. The molecule has 1 heterocycles. The summed E-state index contributed by atoms with van der Waals surface area (Å²) in [5.41, 5.74) is 2.11. The fourth-order valence-corrected chi connectivity index (χ4v) is 1.07. The Morgan fingerprint density at radius 1 is 1.18 bits per heavy atom. The lowest BCUT2D eigenvalue weighted by molar-refractivity contribution is 1.14. The minimum Gasteiger partial charge on any atom is -0.244 e. The Bertz CT molecular complexity index is 282. The summed E-state index contributed by atoms with van der Waals surface area (Å²) in [5, 5.41) is 0. The molecule has 1 aromatic heterocycles. The Morgan fingerprint density at radius 2 is 2.09 bits per heavy atom. The fraction of sp³-hybridized carbons (Fsp3) is 0.111. The molecule has 2 rings (SSSR count). The van der Waals surface area contributed by atoms with Gasteiger partial charge in [-0.3, -0.25) is 0 Å². The van der Waals surface area contributed by atoms with E-state index in [1.165, 1.54) is 0 Å². The third-order valence-electron chi connectivity index (χ3n) is 1.62. The zero-order valence-corrected chi connectivity index (χ0v) is 6.07. The highest BCUT2D eigenvalue weighted by molar-refractivity contribution is 5.63. The van der Waals surface area contributed by atoms with Crippen LogP contribution in [0.1, 0.15) is 17.7 Å². The zero-order chi connectivity index (χ0) is 7.52. The minimum absolute atomic E-state index is 0.982. The predicted molar refractivity (Wildman–Crippen MR) is 44.7 cm³/mol. The normalized spacial score (nSPS) is 14.2. The summed E-state index contributed by atoms with van der Waals surface area (Å²) < 4.78 is 0. The maximum absolute atomic E-state index is 4.13. The van der Waals surface area contributed by atoms with Crippen LogP contribution < -0.4 is 0 Å². The van der Waals surface area contributed by atoms with E-state index in [9.17, 15) is 0 Å². The number of fused-ring (bicyclic) bond motifs is 1. The molecule has 0 atom stereocenters. The van der Waals surface area contributed by atoms with Crippen LogP contribution in [-0.2, 0) is 0 Å². The van der Waals surface area contributed by atoms with Crippen molar-refractivity contribution in [3.05, 3.63) is 35.9 Å². The number of aromatic nitrogens is 2. The molecule has 0 saturated heterocycles. The van der Waals surface area contributed by atoms with Gasteiger partial charge in [-0.15, -0.1) is 0 Å². The lowest BCUT2D eigenvalue weighted by atomic mass is 10.2. The molecule has 11 heavy (non-hydrogen) atoms. The van der Waals surface area contributed by atoms with E-state index in [1.54, 1.807) is 6.33 Å². The highest BCUT2D eigenvalue weighted by Gasteiger charge is 1.97. The molecule has 0 amide bonds. The molecule has 0 N–H and O–H groups in total. The first-order valence-corrected chi connectivity index (χ1v) is 3.60. The van der Waals surface area contributed by atoms with Gasteiger partial charge < -0.3 is 0 Å². The van der Waals surface area contributed by atoms with Gasteiger partial charge in [0.2, 0.25) is 0 Å². The van der Waals surface area contributed by atoms with Gasteiger partial charge in [0.15, 0.2) is 0 Å². The van der Waals surface area contributed by atoms with Gasteiger partial charge in [-0.05, 0) is 12.5 Å². The molecule has 0 aliphatic heterocycles. The standard InChI is InChI=1S/C9H8N2/c1-2-4-8-6-10-7-11-9(8)5-3-1/h2-7H,1H2. The van der Waals surface area contributed by atoms with Gasteiger partial charge in [0.1, 0.15) is 6.33 Å². The summed E-state index contributed by atoms with van der Waals surface area (Å²) in [7, 11) is 0. The summed E-state index contributed by atoms with van der Waals surface area (Å²) in [6.07, 6.45) is 12.7. The van der Waals surface area contributed by atoms with E-state index >= 15 is 0 Å². The summed E-state index contributed by atoms with van der Waals surface area (Å²) in [4.78, 5) is 8.07. The molecular weight excluding hydrogens is 136 g/mol. The van der Waals surface area contributed by atoms with Gasteiger partial charge in [0.05, 0.1) is 5.69 Å². The van der Waals surface area contributed by atoms with Crippen LogP contribution in [0.2, 0.25) is 0 Å². The average Bonchev–Trinajstić information content (AvgIpc) is 2.28. The van der Waals surface area contributed by atoms with Crippen LogP contribution in [0.3, 0.4) is 0 Å². The second kappa shape index (κ2) is 2.66. The van der Waals surface area contributed by atoms with Crippen molar-refractivity contribution in [3.8, 4) is 0 Å². The second-order valence-electron chi connectivity index (χ2n) is 2.40. The van der Waals surface area contributed by atoms with Crippen LogP contribution >= 0.6 is 0 Å². The number of rotatable bonds is 0. The smallest absolute Gasteiger partial charge is 0.116 e. The SMILES string of the molecule is C1=Cc2cncnc2C=CC1. The Morgan fingerprint density at radius 3 is 3.09 bits per heavy atom. The molecule has 0 fully saturated rings. The van der Waals surface area contributed by atoms with Gasteiger partial charge in [-0.2, -0.15) is 0 Å². The van der Waals surface area contributed by atoms with Crippen LogP contribution in [-0.4, -0.2) is 9.97 Å².